The molecular formula is C25H28N6O4. The third-order valence-electron chi connectivity index (χ3n) is 5.30. The molecule has 0 aliphatic rings. The van der Waals surface area contributed by atoms with E-state index in [0.717, 1.165) is 17.0 Å². The summed E-state index contributed by atoms with van der Waals surface area (Å²) in [5, 5.41) is 12.9. The molecule has 0 aliphatic heterocycles. The third kappa shape index (κ3) is 6.53. The van der Waals surface area contributed by atoms with Gasteiger partial charge in [0, 0.05) is 42.2 Å². The molecule has 3 rings (SSSR count). The zero-order valence-corrected chi connectivity index (χ0v) is 20.3. The standard InChI is InChI=1S/C25H28N6O4/c1-15-22(16(2)31(4)30-15)14-26-25(28-21-8-6-7-19(13-21)24(34)35-5)29-23(33)18-9-11-20(12-10-18)27-17(3)32/h6-13H,14H2,1-5H3,(H,27,32)(H2,26,28,29,33). The van der Waals surface area contributed by atoms with E-state index in [4.69, 9.17) is 4.74 Å². The largest absolute Gasteiger partial charge is 0.465 e. The smallest absolute Gasteiger partial charge is 0.337 e. The maximum Gasteiger partial charge on any atom is 0.337 e. The average Bonchev–Trinajstić information content (AvgIpc) is 3.07. The summed E-state index contributed by atoms with van der Waals surface area (Å²) >= 11 is 0. The Bertz CT molecular complexity index is 1280. The van der Waals surface area contributed by atoms with Crippen molar-refractivity contribution in [2.45, 2.75) is 27.3 Å². The molecule has 2 aromatic carbocycles. The van der Waals surface area contributed by atoms with E-state index in [0.29, 0.717) is 22.5 Å². The predicted molar refractivity (Wildman–Crippen MR) is 133 cm³/mol. The number of methoxy groups -OCH3 is 1. The molecule has 10 heteroatoms. The summed E-state index contributed by atoms with van der Waals surface area (Å²) in [5.74, 6) is -0.868. The molecule has 0 spiro atoms. The Morgan fingerprint density at radius 3 is 2.31 bits per heavy atom. The summed E-state index contributed by atoms with van der Waals surface area (Å²) < 4.78 is 6.56. The van der Waals surface area contributed by atoms with Crippen LogP contribution in [0.1, 0.15) is 44.6 Å². The van der Waals surface area contributed by atoms with Gasteiger partial charge in [-0.3, -0.25) is 19.6 Å². The fourth-order valence-corrected chi connectivity index (χ4v) is 3.38. The fraction of sp³-hybridized carbons (Fsp3) is 0.240. The van der Waals surface area contributed by atoms with E-state index in [1.807, 2.05) is 20.9 Å². The second-order valence-electron chi connectivity index (χ2n) is 7.85. The van der Waals surface area contributed by atoms with Crippen molar-refractivity contribution in [1.82, 2.24) is 15.1 Å². The number of amides is 2. The Kier molecular flexibility index (Phi) is 7.98. The van der Waals surface area contributed by atoms with Gasteiger partial charge in [-0.25, -0.2) is 9.79 Å². The molecule has 182 valence electrons. The van der Waals surface area contributed by atoms with Crippen LogP contribution in [0.15, 0.2) is 53.5 Å². The van der Waals surface area contributed by atoms with Crippen LogP contribution in [0, 0.1) is 13.8 Å². The number of esters is 1. The van der Waals surface area contributed by atoms with Gasteiger partial charge in [0.15, 0.2) is 0 Å². The highest BCUT2D eigenvalue weighted by Crippen LogP contribution is 2.15. The second-order valence-corrected chi connectivity index (χ2v) is 7.85. The Labute approximate surface area is 203 Å². The van der Waals surface area contributed by atoms with E-state index < -0.39 is 11.9 Å². The van der Waals surface area contributed by atoms with Crippen molar-refractivity contribution in [1.29, 1.82) is 0 Å². The van der Waals surface area contributed by atoms with Crippen LogP contribution in [-0.2, 0) is 23.1 Å². The van der Waals surface area contributed by atoms with Crippen LogP contribution in [0.5, 0.6) is 0 Å². The zero-order chi connectivity index (χ0) is 25.5. The van der Waals surface area contributed by atoms with E-state index >= 15 is 0 Å². The molecule has 0 saturated heterocycles. The molecule has 3 N–H and O–H groups in total. The fourth-order valence-electron chi connectivity index (χ4n) is 3.38. The summed E-state index contributed by atoms with van der Waals surface area (Å²) in [7, 11) is 3.17. The number of hydrogen-bond donors (Lipinski definition) is 3. The summed E-state index contributed by atoms with van der Waals surface area (Å²) in [6.07, 6.45) is 0. The Morgan fingerprint density at radius 2 is 1.71 bits per heavy atom. The Hall–Kier alpha value is -4.47. The summed E-state index contributed by atoms with van der Waals surface area (Å²) in [6.45, 7) is 5.55. The van der Waals surface area contributed by atoms with Crippen molar-refractivity contribution in [3.8, 4) is 0 Å². The molecule has 35 heavy (non-hydrogen) atoms. The van der Waals surface area contributed by atoms with Gasteiger partial charge >= 0.3 is 5.97 Å². The highest BCUT2D eigenvalue weighted by Gasteiger charge is 2.13. The molecule has 0 fully saturated rings. The minimum absolute atomic E-state index is 0.198. The van der Waals surface area contributed by atoms with Gasteiger partial charge in [0.1, 0.15) is 0 Å². The predicted octanol–water partition coefficient (Wildman–Crippen LogP) is 3.18. The van der Waals surface area contributed by atoms with E-state index in [-0.39, 0.29) is 18.4 Å². The van der Waals surface area contributed by atoms with Gasteiger partial charge in [-0.1, -0.05) is 6.07 Å². The van der Waals surface area contributed by atoms with Crippen molar-refractivity contribution >= 4 is 35.1 Å². The van der Waals surface area contributed by atoms with E-state index in [2.05, 4.69) is 26.0 Å². The molecule has 10 nitrogen and oxygen atoms in total. The van der Waals surface area contributed by atoms with Gasteiger partial charge in [0.2, 0.25) is 11.9 Å². The van der Waals surface area contributed by atoms with Gasteiger partial charge in [0.25, 0.3) is 5.91 Å². The van der Waals surface area contributed by atoms with Crippen LogP contribution in [0.2, 0.25) is 0 Å². The van der Waals surface area contributed by atoms with Gasteiger partial charge in [0.05, 0.1) is 24.9 Å². The van der Waals surface area contributed by atoms with E-state index in [1.54, 1.807) is 53.2 Å². The van der Waals surface area contributed by atoms with E-state index in [9.17, 15) is 14.4 Å². The molecule has 1 aromatic heterocycles. The topological polar surface area (TPSA) is 127 Å². The molecular weight excluding hydrogens is 448 g/mol. The van der Waals surface area contributed by atoms with Crippen molar-refractivity contribution in [2.75, 3.05) is 17.7 Å². The highest BCUT2D eigenvalue weighted by molar-refractivity contribution is 6.10. The molecule has 3 aromatic rings. The maximum absolute atomic E-state index is 12.9. The second kappa shape index (κ2) is 11.1. The van der Waals surface area contributed by atoms with Crippen LogP contribution in [0.25, 0.3) is 0 Å². The van der Waals surface area contributed by atoms with Gasteiger partial charge < -0.3 is 15.4 Å². The molecule has 0 saturated carbocycles. The number of carbonyl (C=O) groups excluding carboxylic acids is 3. The first kappa shape index (κ1) is 25.2. The van der Waals surface area contributed by atoms with Crippen molar-refractivity contribution in [2.24, 2.45) is 12.0 Å². The Morgan fingerprint density at radius 1 is 1.00 bits per heavy atom. The number of carbonyl (C=O) groups is 3. The summed E-state index contributed by atoms with van der Waals surface area (Å²) in [5.41, 5.74) is 4.64. The van der Waals surface area contributed by atoms with Crippen molar-refractivity contribution in [3.63, 3.8) is 0 Å². The number of nitrogens with zero attached hydrogens (tertiary/aromatic N) is 3. The normalized spacial score (nSPS) is 11.1. The third-order valence-corrected chi connectivity index (χ3v) is 5.30. The van der Waals surface area contributed by atoms with Crippen LogP contribution in [-0.4, -0.2) is 40.6 Å². The molecule has 0 bridgehead atoms. The number of ether oxygens (including phenoxy) is 1. The maximum atomic E-state index is 12.9. The number of aryl methyl sites for hydroxylation is 2. The number of anilines is 2. The highest BCUT2D eigenvalue weighted by atomic mass is 16.5. The average molecular weight is 477 g/mol. The number of aliphatic imine (C=N–C) groups is 1. The van der Waals surface area contributed by atoms with Crippen LogP contribution < -0.4 is 16.0 Å². The molecule has 0 atom stereocenters. The lowest BCUT2D eigenvalue weighted by Crippen LogP contribution is -2.36. The minimum atomic E-state index is -0.475. The van der Waals surface area contributed by atoms with E-state index in [1.165, 1.54) is 14.0 Å². The van der Waals surface area contributed by atoms with Gasteiger partial charge in [-0.15, -0.1) is 0 Å². The lowest BCUT2D eigenvalue weighted by molar-refractivity contribution is -0.114. The number of hydrogen-bond acceptors (Lipinski definition) is 6. The number of nitrogens with one attached hydrogen (secondary N) is 3. The number of benzene rings is 2. The number of rotatable bonds is 6. The molecule has 0 unspecified atom stereocenters. The minimum Gasteiger partial charge on any atom is -0.465 e. The van der Waals surface area contributed by atoms with Gasteiger partial charge in [-0.05, 0) is 56.3 Å². The van der Waals surface area contributed by atoms with Crippen molar-refractivity contribution < 1.29 is 19.1 Å². The van der Waals surface area contributed by atoms with Gasteiger partial charge in [-0.2, -0.15) is 5.10 Å². The van der Waals surface area contributed by atoms with Crippen LogP contribution in [0.3, 0.4) is 0 Å². The molecule has 2 amide bonds. The first-order chi connectivity index (χ1) is 16.7. The van der Waals surface area contributed by atoms with Crippen LogP contribution in [0.4, 0.5) is 11.4 Å². The quantitative estimate of drug-likeness (QED) is 0.285. The SMILES string of the molecule is COC(=O)c1cccc(NC(=NCc2c(C)nn(C)c2C)NC(=O)c2ccc(NC(C)=O)cc2)c1. The first-order valence-electron chi connectivity index (χ1n) is 10.9. The zero-order valence-electron chi connectivity index (χ0n) is 20.3. The molecule has 0 aliphatic carbocycles. The van der Waals surface area contributed by atoms with Crippen molar-refractivity contribution in [3.05, 3.63) is 76.6 Å². The monoisotopic (exact) mass is 476 g/mol. The lowest BCUT2D eigenvalue weighted by atomic mass is 10.2. The van der Waals surface area contributed by atoms with Crippen LogP contribution >= 0.6 is 0 Å². The number of aromatic nitrogens is 2. The Balaban J connectivity index is 1.86. The molecule has 0 radical (unpaired) electrons. The first-order valence-corrected chi connectivity index (χ1v) is 10.9. The number of guanidine groups is 1. The summed E-state index contributed by atoms with van der Waals surface area (Å²) in [4.78, 5) is 40.7. The lowest BCUT2D eigenvalue weighted by Gasteiger charge is -2.13. The molecule has 1 heterocycles. The summed E-state index contributed by atoms with van der Waals surface area (Å²) in [6, 6.07) is 13.2.